The van der Waals surface area contributed by atoms with Crippen LogP contribution in [-0.4, -0.2) is 26.2 Å². The summed E-state index contributed by atoms with van der Waals surface area (Å²) in [6, 6.07) is -0.875. The van der Waals surface area contributed by atoms with Crippen LogP contribution in [0.15, 0.2) is 32.9 Å². The third-order valence-corrected chi connectivity index (χ3v) is 6.20. The molecule has 8 nitrogen and oxygen atoms in total. The van der Waals surface area contributed by atoms with Crippen molar-refractivity contribution < 1.29 is 42.3 Å². The van der Waals surface area contributed by atoms with Crippen LogP contribution < -0.4 is 14.2 Å². The van der Waals surface area contributed by atoms with Gasteiger partial charge in [-0.1, -0.05) is 16.8 Å². The van der Waals surface area contributed by atoms with Gasteiger partial charge in [-0.15, -0.1) is 11.3 Å². The second kappa shape index (κ2) is 7.36. The number of Topliss-reactive ketones (excluding diaryl/α,β-unsaturated/α-hetero) is 1. The molecule has 1 aromatic carbocycles. The number of ketones is 1. The van der Waals surface area contributed by atoms with Crippen LogP contribution in [-0.2, 0) is 16.4 Å². The summed E-state index contributed by atoms with van der Waals surface area (Å²) in [6.45, 7) is -6.62. The highest BCUT2D eigenvalue weighted by Crippen LogP contribution is 2.36. The molecule has 3 heterocycles. The van der Waals surface area contributed by atoms with Crippen LogP contribution in [0.1, 0.15) is 40.2 Å². The number of fused-ring (bicyclic) bond motifs is 1. The van der Waals surface area contributed by atoms with Crippen molar-refractivity contribution in [3.8, 4) is 11.5 Å². The number of anilines is 1. The highest BCUT2D eigenvalue weighted by molar-refractivity contribution is 7.93. The van der Waals surface area contributed by atoms with Crippen molar-refractivity contribution in [2.24, 2.45) is 0 Å². The van der Waals surface area contributed by atoms with E-state index in [9.17, 15) is 13.2 Å². The van der Waals surface area contributed by atoms with Crippen LogP contribution in [0.5, 0.6) is 11.5 Å². The van der Waals surface area contributed by atoms with Gasteiger partial charge in [-0.05, 0) is 48.4 Å². The minimum Gasteiger partial charge on any atom is -0.454 e. The number of nitrogens with zero attached hydrogens (tertiary/aromatic N) is 1. The first kappa shape index (κ1) is 10.5. The van der Waals surface area contributed by atoms with Gasteiger partial charge in [0.05, 0.1) is 7.62 Å². The Balaban J connectivity index is 1.84. The maximum absolute atomic E-state index is 13.6. The van der Waals surface area contributed by atoms with E-state index in [1.54, 1.807) is 0 Å². The van der Waals surface area contributed by atoms with Gasteiger partial charge in [0, 0.05) is 17.3 Å². The molecule has 0 bridgehead atoms. The summed E-state index contributed by atoms with van der Waals surface area (Å²) in [7, 11) is -5.11. The molecule has 2 aromatic heterocycles. The van der Waals surface area contributed by atoms with E-state index in [-0.39, 0.29) is 4.72 Å². The molecule has 1 N–H and O–H groups in total. The van der Waals surface area contributed by atoms with E-state index in [2.05, 4.69) is 9.68 Å². The zero-order valence-corrected chi connectivity index (χ0v) is 16.3. The Labute approximate surface area is 190 Å². The lowest BCUT2D eigenvalue weighted by atomic mass is 10.0. The van der Waals surface area contributed by atoms with Crippen LogP contribution in [0.4, 0.5) is 5.88 Å². The van der Waals surface area contributed by atoms with Crippen LogP contribution in [0.3, 0.4) is 0 Å². The molecule has 0 unspecified atom stereocenters. The predicted octanol–water partition coefficient (Wildman–Crippen LogP) is 3.96. The number of rotatable bonds is 6. The Morgan fingerprint density at radius 1 is 1.45 bits per heavy atom. The summed E-state index contributed by atoms with van der Waals surface area (Å²) in [5.74, 6) is -3.52. The average Bonchev–Trinajstić information content (AvgIpc) is 3.58. The van der Waals surface area contributed by atoms with Gasteiger partial charge in [-0.2, -0.15) is 0 Å². The van der Waals surface area contributed by atoms with Gasteiger partial charge in [0.15, 0.2) is 18.7 Å². The van der Waals surface area contributed by atoms with Crippen molar-refractivity contribution in [1.29, 1.82) is 0 Å². The molecule has 152 valence electrons. The van der Waals surface area contributed by atoms with Crippen LogP contribution in [0, 0.1) is 13.7 Å². The smallest absolute Gasteiger partial charge is 0.265 e. The van der Waals surface area contributed by atoms with Gasteiger partial charge in [0.25, 0.3) is 15.9 Å². The van der Waals surface area contributed by atoms with E-state index in [1.165, 1.54) is 0 Å². The maximum atomic E-state index is 13.6. The molecule has 0 radical (unpaired) electrons. The van der Waals surface area contributed by atoms with Crippen molar-refractivity contribution in [2.45, 2.75) is 25.0 Å². The topological polar surface area (TPSA) is 108 Å². The molecule has 0 saturated carbocycles. The van der Waals surface area contributed by atoms with Crippen LogP contribution in [0.2, 0.25) is 6.43 Å². The van der Waals surface area contributed by atoms with Gasteiger partial charge < -0.3 is 14.0 Å². The van der Waals surface area contributed by atoms with Crippen molar-refractivity contribution in [1.82, 2.24) is 5.16 Å². The fourth-order valence-electron chi connectivity index (χ4n) is 2.23. The molecular weight excluding hydrogens is 440 g/mol. The molecular formula is C18H15ClN2O6S2. The first-order valence-corrected chi connectivity index (χ1v) is 10.2. The zero-order chi connectivity index (χ0) is 30.2. The zero-order valence-electron chi connectivity index (χ0n) is 24.9. The van der Waals surface area contributed by atoms with E-state index in [4.69, 9.17) is 36.2 Å². The summed E-state index contributed by atoms with van der Waals surface area (Å²) in [5, 5.41) is 3.44. The fraction of sp³-hybridized carbons (Fsp3) is 0.222. The highest BCUT2D eigenvalue weighted by atomic mass is 35.5. The number of sulfonamides is 1. The minimum absolute atomic E-state index is 0.335. The lowest BCUT2D eigenvalue weighted by molar-refractivity contribution is 0.0994. The van der Waals surface area contributed by atoms with E-state index in [1.807, 2.05) is 0 Å². The number of hydrogen-bond donors (Lipinski definition) is 1. The highest BCUT2D eigenvalue weighted by Gasteiger charge is 2.27. The molecule has 0 spiro atoms. The minimum atomic E-state index is -5.11. The summed E-state index contributed by atoms with van der Waals surface area (Å²) >= 11 is 6.31. The largest absolute Gasteiger partial charge is 0.454 e. The van der Waals surface area contributed by atoms with Gasteiger partial charge >= 0.3 is 0 Å². The molecule has 4 rings (SSSR count). The molecule has 0 aliphatic carbocycles. The standard InChI is InChI=1S/C18H15ClN2O6S2/c1-9-5-13-14(26-8-25-13)7-11(9)6-12(22)17-15(3-4-28-17)29(23,24)21-18-16(19)10(2)20-27-18/h3-5,7,21H,6,8H2,1-2H3/i1D3,2D3,5D,6D2,7D/hD. The van der Waals surface area contributed by atoms with E-state index in [0.717, 1.165) is 11.4 Å². The number of carbonyl (C=O) groups excluding carboxylic acids is 1. The summed E-state index contributed by atoms with van der Waals surface area (Å²) in [6.07, 6.45) is -3.40. The Kier molecular flexibility index (Phi) is 2.66. The summed E-state index contributed by atoms with van der Waals surface area (Å²) in [4.78, 5) is 11.8. The molecule has 0 atom stereocenters. The number of nitrogens with one attached hydrogen (secondary N) is 1. The molecule has 3 aromatic rings. The molecule has 1 aliphatic heterocycles. The molecule has 0 saturated heterocycles. The first-order chi connectivity index (χ1) is 18.2. The Morgan fingerprint density at radius 2 is 2.24 bits per heavy atom. The molecule has 0 amide bonds. The van der Waals surface area contributed by atoms with E-state index >= 15 is 0 Å². The summed E-state index contributed by atoms with van der Waals surface area (Å²) < 4.78 is 128. The Morgan fingerprint density at radius 3 is 2.97 bits per heavy atom. The van der Waals surface area contributed by atoms with Crippen LogP contribution in [0.25, 0.3) is 0 Å². The summed E-state index contributed by atoms with van der Waals surface area (Å²) in [5.41, 5.74) is -2.88. The number of hydrogen-bond acceptors (Lipinski definition) is 8. The number of thiophene rings is 1. The third-order valence-electron chi connectivity index (χ3n) is 3.51. The first-order valence-electron chi connectivity index (χ1n) is 12.9. The van der Waals surface area contributed by atoms with Crippen molar-refractivity contribution >= 4 is 44.6 Å². The van der Waals surface area contributed by atoms with Crippen molar-refractivity contribution in [3.63, 3.8) is 0 Å². The number of ether oxygens (including phenoxy) is 2. The lowest BCUT2D eigenvalue weighted by Gasteiger charge is -2.09. The lowest BCUT2D eigenvalue weighted by Crippen LogP contribution is -2.16. The second-order valence-corrected chi connectivity index (χ2v) is 8.22. The van der Waals surface area contributed by atoms with Gasteiger partial charge in [-0.25, -0.2) is 13.1 Å². The van der Waals surface area contributed by atoms with Crippen molar-refractivity contribution in [3.05, 3.63) is 50.3 Å². The van der Waals surface area contributed by atoms with Crippen LogP contribution >= 0.6 is 22.9 Å². The second-order valence-electron chi connectivity index (χ2n) is 5.35. The molecule has 0 fully saturated rings. The van der Waals surface area contributed by atoms with E-state index in [0.29, 0.717) is 11.3 Å². The Hall–Kier alpha value is -2.56. The Bertz CT molecular complexity index is 1630. The van der Waals surface area contributed by atoms with Crippen molar-refractivity contribution in [2.75, 3.05) is 11.5 Å². The van der Waals surface area contributed by atoms with E-state index < -0.39 is 104 Å². The molecule has 29 heavy (non-hydrogen) atoms. The fourth-order valence-corrected chi connectivity index (χ4v) is 4.63. The van der Waals surface area contributed by atoms with Gasteiger partial charge in [0.2, 0.25) is 6.79 Å². The number of benzene rings is 1. The quantitative estimate of drug-likeness (QED) is 0.549. The maximum Gasteiger partial charge on any atom is 0.265 e. The van der Waals surface area contributed by atoms with Gasteiger partial charge in [-0.3, -0.25) is 4.79 Å². The normalized spacial score (nSPS) is 19.8. The number of carbonyl (C=O) groups is 1. The third kappa shape index (κ3) is 3.70. The molecule has 1 aliphatic rings. The predicted molar refractivity (Wildman–Crippen MR) is 107 cm³/mol. The number of aromatic nitrogens is 1. The van der Waals surface area contributed by atoms with Gasteiger partial charge in [0.1, 0.15) is 15.6 Å². The monoisotopic (exact) mass is 465 g/mol. The number of aryl methyl sites for hydroxylation is 1. The average molecular weight is 466 g/mol. The molecule has 11 heteroatoms. The number of halogens is 1. The SMILES string of the molecule is [2H]c1c2c(c([2H])c(C([2H])([2H])C(=O)c3sccc3S(=O)(=O)N([2H])c3onc(C([2H])([2H])[2H])c3Cl)c1C([2H])([2H])[2H])OCO2.